The van der Waals surface area contributed by atoms with Crippen LogP contribution in [-0.2, 0) is 4.79 Å². The molecular weight excluding hydrogens is 358 g/mol. The summed E-state index contributed by atoms with van der Waals surface area (Å²) < 4.78 is 7.26. The van der Waals surface area contributed by atoms with Crippen molar-refractivity contribution in [1.29, 1.82) is 0 Å². The van der Waals surface area contributed by atoms with E-state index >= 15 is 0 Å². The van der Waals surface area contributed by atoms with E-state index in [1.54, 1.807) is 40.8 Å². The van der Waals surface area contributed by atoms with Crippen molar-refractivity contribution in [2.75, 3.05) is 19.7 Å². The number of amides is 1. The number of likely N-dealkylation sites (tertiary alicyclic amines) is 1. The quantitative estimate of drug-likeness (QED) is 0.866. The fraction of sp³-hybridized carbons (Fsp3) is 0.389. The third-order valence-corrected chi connectivity index (χ3v) is 4.83. The molecule has 0 atom stereocenters. The summed E-state index contributed by atoms with van der Waals surface area (Å²) in [5.74, 6) is -0.486. The molecule has 0 saturated carbocycles. The molecule has 0 bridgehead atoms. The number of rotatable bonds is 5. The van der Waals surface area contributed by atoms with Gasteiger partial charge in [0.05, 0.1) is 17.9 Å². The second kappa shape index (κ2) is 7.78. The van der Waals surface area contributed by atoms with Gasteiger partial charge in [0.25, 0.3) is 5.91 Å². The van der Waals surface area contributed by atoms with Crippen molar-refractivity contribution in [3.05, 3.63) is 46.7 Å². The highest BCUT2D eigenvalue weighted by Crippen LogP contribution is 2.25. The van der Waals surface area contributed by atoms with Gasteiger partial charge < -0.3 is 14.7 Å². The molecule has 1 fully saturated rings. The van der Waals surface area contributed by atoms with Crippen LogP contribution >= 0.6 is 11.6 Å². The number of nitrogens with zero attached hydrogens (tertiary/aromatic N) is 3. The number of carbonyl (C=O) groups excluding carboxylic acids is 1. The van der Waals surface area contributed by atoms with Crippen molar-refractivity contribution in [3.8, 4) is 5.75 Å². The van der Waals surface area contributed by atoms with Gasteiger partial charge in [-0.25, -0.2) is 4.79 Å². The molecule has 1 N–H and O–H groups in total. The van der Waals surface area contributed by atoms with Crippen LogP contribution in [0.25, 0.3) is 0 Å². The number of hydrogen-bond donors (Lipinski definition) is 1. The summed E-state index contributed by atoms with van der Waals surface area (Å²) in [5.41, 5.74) is 0.866. The highest BCUT2D eigenvalue weighted by atomic mass is 35.5. The Morgan fingerprint density at radius 2 is 2.08 bits per heavy atom. The molecular formula is C18H20ClN3O4. The van der Waals surface area contributed by atoms with Gasteiger partial charge in [-0.3, -0.25) is 9.48 Å². The van der Waals surface area contributed by atoms with E-state index in [4.69, 9.17) is 21.4 Å². The summed E-state index contributed by atoms with van der Waals surface area (Å²) >= 11 is 5.90. The van der Waals surface area contributed by atoms with Gasteiger partial charge in [0, 0.05) is 18.1 Å². The maximum absolute atomic E-state index is 12.3. The third-order valence-electron chi connectivity index (χ3n) is 4.60. The number of carboxylic acid groups (broad SMARTS) is 1. The summed E-state index contributed by atoms with van der Waals surface area (Å²) in [7, 11) is 0. The van der Waals surface area contributed by atoms with Gasteiger partial charge in [0.15, 0.2) is 6.61 Å². The second-order valence-electron chi connectivity index (χ2n) is 6.25. The molecule has 2 heterocycles. The Labute approximate surface area is 156 Å². The normalized spacial score (nSPS) is 15.1. The van der Waals surface area contributed by atoms with Crippen LogP contribution in [0.15, 0.2) is 30.5 Å². The standard InChI is InChI=1S/C18H20ClN3O4/c1-12-16(18(24)25)10-20-22(12)14-5-7-21(8-6-14)17(23)11-26-15-4-2-3-13(19)9-15/h2-4,9-10,14H,5-8,11H2,1H3,(H,24,25). The minimum Gasteiger partial charge on any atom is -0.484 e. The van der Waals surface area contributed by atoms with E-state index in [2.05, 4.69) is 5.10 Å². The molecule has 0 spiro atoms. The molecule has 1 saturated heterocycles. The molecule has 0 unspecified atom stereocenters. The smallest absolute Gasteiger partial charge is 0.339 e. The lowest BCUT2D eigenvalue weighted by Gasteiger charge is -2.32. The number of benzene rings is 1. The van der Waals surface area contributed by atoms with Gasteiger partial charge in [0.2, 0.25) is 0 Å². The molecule has 1 aromatic heterocycles. The van der Waals surface area contributed by atoms with Gasteiger partial charge in [-0.2, -0.15) is 5.10 Å². The first-order chi connectivity index (χ1) is 12.5. The minimum atomic E-state index is -0.973. The minimum absolute atomic E-state index is 0.0328. The third kappa shape index (κ3) is 3.99. The number of halogens is 1. The van der Waals surface area contributed by atoms with Gasteiger partial charge in [-0.05, 0) is 38.0 Å². The number of piperidine rings is 1. The average Bonchev–Trinajstić information content (AvgIpc) is 3.01. The van der Waals surface area contributed by atoms with Crippen molar-refractivity contribution in [2.24, 2.45) is 0 Å². The molecule has 1 aliphatic rings. The molecule has 26 heavy (non-hydrogen) atoms. The first kappa shape index (κ1) is 18.3. The topological polar surface area (TPSA) is 84.7 Å². The predicted molar refractivity (Wildman–Crippen MR) is 95.7 cm³/mol. The van der Waals surface area contributed by atoms with E-state index < -0.39 is 5.97 Å². The summed E-state index contributed by atoms with van der Waals surface area (Å²) in [6.45, 7) is 2.90. The number of carboxylic acids is 1. The van der Waals surface area contributed by atoms with Crippen LogP contribution in [0.3, 0.4) is 0 Å². The molecule has 7 nitrogen and oxygen atoms in total. The molecule has 2 aromatic rings. The Balaban J connectivity index is 1.53. The number of ether oxygens (including phenoxy) is 1. The van der Waals surface area contributed by atoms with E-state index in [-0.39, 0.29) is 24.1 Å². The van der Waals surface area contributed by atoms with Crippen LogP contribution in [0.5, 0.6) is 5.75 Å². The van der Waals surface area contributed by atoms with Gasteiger partial charge >= 0.3 is 5.97 Å². The maximum Gasteiger partial charge on any atom is 0.339 e. The molecule has 138 valence electrons. The Morgan fingerprint density at radius 1 is 1.35 bits per heavy atom. The van der Waals surface area contributed by atoms with Crippen molar-refractivity contribution in [1.82, 2.24) is 14.7 Å². The van der Waals surface area contributed by atoms with Gasteiger partial charge in [0.1, 0.15) is 11.3 Å². The Bertz CT molecular complexity index is 813. The Kier molecular flexibility index (Phi) is 5.46. The first-order valence-corrected chi connectivity index (χ1v) is 8.77. The predicted octanol–water partition coefficient (Wildman–Crippen LogP) is 2.79. The Morgan fingerprint density at radius 3 is 2.69 bits per heavy atom. The highest BCUT2D eigenvalue weighted by molar-refractivity contribution is 6.30. The number of aromatic carboxylic acids is 1. The van der Waals surface area contributed by atoms with Gasteiger partial charge in [-0.15, -0.1) is 0 Å². The maximum atomic E-state index is 12.3. The molecule has 3 rings (SSSR count). The zero-order chi connectivity index (χ0) is 18.7. The summed E-state index contributed by atoms with van der Waals surface area (Å²) in [4.78, 5) is 25.2. The highest BCUT2D eigenvalue weighted by Gasteiger charge is 2.26. The average molecular weight is 378 g/mol. The SMILES string of the molecule is Cc1c(C(=O)O)cnn1C1CCN(C(=O)COc2cccc(Cl)c2)CC1. The Hall–Kier alpha value is -2.54. The first-order valence-electron chi connectivity index (χ1n) is 8.39. The number of hydrogen-bond acceptors (Lipinski definition) is 4. The molecule has 1 aliphatic heterocycles. The molecule has 0 radical (unpaired) electrons. The van der Waals surface area contributed by atoms with E-state index in [0.717, 1.165) is 12.8 Å². The van der Waals surface area contributed by atoms with E-state index in [0.29, 0.717) is 29.6 Å². The van der Waals surface area contributed by atoms with Crippen LogP contribution in [0.4, 0.5) is 0 Å². The fourth-order valence-corrected chi connectivity index (χ4v) is 3.33. The van der Waals surface area contributed by atoms with Crippen molar-refractivity contribution >= 4 is 23.5 Å². The number of carbonyl (C=O) groups is 2. The van der Waals surface area contributed by atoms with Crippen LogP contribution in [0.1, 0.15) is 34.9 Å². The van der Waals surface area contributed by atoms with E-state index in [1.165, 1.54) is 6.20 Å². The number of aromatic nitrogens is 2. The second-order valence-corrected chi connectivity index (χ2v) is 6.69. The zero-order valence-corrected chi connectivity index (χ0v) is 15.1. The molecule has 0 aliphatic carbocycles. The van der Waals surface area contributed by atoms with Gasteiger partial charge in [-0.1, -0.05) is 17.7 Å². The zero-order valence-electron chi connectivity index (χ0n) is 14.4. The van der Waals surface area contributed by atoms with E-state index in [1.807, 2.05) is 0 Å². The van der Waals surface area contributed by atoms with Crippen molar-refractivity contribution in [3.63, 3.8) is 0 Å². The summed E-state index contributed by atoms with van der Waals surface area (Å²) in [5, 5.41) is 13.9. The van der Waals surface area contributed by atoms with Crippen LogP contribution < -0.4 is 4.74 Å². The summed E-state index contributed by atoms with van der Waals surface area (Å²) in [6, 6.07) is 7.04. The summed E-state index contributed by atoms with van der Waals surface area (Å²) in [6.07, 6.45) is 2.84. The lowest BCUT2D eigenvalue weighted by molar-refractivity contribution is -0.134. The molecule has 8 heteroatoms. The lowest BCUT2D eigenvalue weighted by atomic mass is 10.0. The van der Waals surface area contributed by atoms with Crippen LogP contribution in [0.2, 0.25) is 5.02 Å². The molecule has 1 amide bonds. The van der Waals surface area contributed by atoms with E-state index in [9.17, 15) is 9.59 Å². The van der Waals surface area contributed by atoms with Crippen molar-refractivity contribution < 1.29 is 19.4 Å². The fourth-order valence-electron chi connectivity index (χ4n) is 3.15. The van der Waals surface area contributed by atoms with Crippen LogP contribution in [-0.4, -0.2) is 51.4 Å². The van der Waals surface area contributed by atoms with Crippen LogP contribution in [0, 0.1) is 6.92 Å². The molecule has 1 aromatic carbocycles. The lowest BCUT2D eigenvalue weighted by Crippen LogP contribution is -2.41. The largest absolute Gasteiger partial charge is 0.484 e. The monoisotopic (exact) mass is 377 g/mol. The van der Waals surface area contributed by atoms with Crippen molar-refractivity contribution in [2.45, 2.75) is 25.8 Å².